The fourth-order valence-electron chi connectivity index (χ4n) is 3.25. The first-order valence-corrected chi connectivity index (χ1v) is 5.73. The van der Waals surface area contributed by atoms with Crippen molar-refractivity contribution in [2.45, 2.75) is 32.1 Å². The standard InChI is InChI=1S/C13H17N/c14-13-7-3-6-11-10-5-2-1-4-9(10)8-12(11)13/h3,7-8,10-11H,1-2,4-6,14H2. The first-order chi connectivity index (χ1) is 6.86. The maximum atomic E-state index is 6.02. The van der Waals surface area contributed by atoms with Crippen LogP contribution in [0.3, 0.4) is 0 Å². The minimum atomic E-state index is 0.732. The molecule has 3 aliphatic carbocycles. The van der Waals surface area contributed by atoms with Gasteiger partial charge in [0.1, 0.15) is 0 Å². The molecule has 0 bridgehead atoms. The molecule has 74 valence electrons. The first-order valence-electron chi connectivity index (χ1n) is 5.73. The molecule has 1 nitrogen and oxygen atoms in total. The van der Waals surface area contributed by atoms with E-state index < -0.39 is 0 Å². The van der Waals surface area contributed by atoms with E-state index in [1.54, 1.807) is 5.57 Å². The molecule has 1 fully saturated rings. The van der Waals surface area contributed by atoms with Crippen LogP contribution in [0.1, 0.15) is 32.1 Å². The fourth-order valence-corrected chi connectivity index (χ4v) is 3.25. The first kappa shape index (κ1) is 8.34. The molecule has 2 N–H and O–H groups in total. The highest BCUT2D eigenvalue weighted by Gasteiger charge is 2.35. The Morgan fingerprint density at radius 1 is 1.21 bits per heavy atom. The topological polar surface area (TPSA) is 26.0 Å². The Balaban J connectivity index is 2.01. The Bertz CT molecular complexity index is 346. The SMILES string of the molecule is NC1=C2C=C3CCCCC3C2CC=C1. The van der Waals surface area contributed by atoms with Crippen molar-refractivity contribution >= 4 is 0 Å². The molecule has 0 heterocycles. The van der Waals surface area contributed by atoms with Crippen LogP contribution >= 0.6 is 0 Å². The van der Waals surface area contributed by atoms with Crippen molar-refractivity contribution in [3.8, 4) is 0 Å². The highest BCUT2D eigenvalue weighted by Crippen LogP contribution is 2.47. The Kier molecular flexibility index (Phi) is 1.79. The highest BCUT2D eigenvalue weighted by atomic mass is 14.6. The maximum absolute atomic E-state index is 6.02. The van der Waals surface area contributed by atoms with Gasteiger partial charge in [0.15, 0.2) is 0 Å². The van der Waals surface area contributed by atoms with E-state index in [4.69, 9.17) is 5.73 Å². The number of hydrogen-bond donors (Lipinski definition) is 1. The van der Waals surface area contributed by atoms with Gasteiger partial charge in [0.2, 0.25) is 0 Å². The van der Waals surface area contributed by atoms with Crippen LogP contribution in [0.5, 0.6) is 0 Å². The van der Waals surface area contributed by atoms with Gasteiger partial charge in [-0.2, -0.15) is 0 Å². The third-order valence-electron chi connectivity index (χ3n) is 3.95. The van der Waals surface area contributed by atoms with Crippen molar-refractivity contribution in [2.24, 2.45) is 17.6 Å². The Labute approximate surface area is 85.4 Å². The molecule has 0 aromatic carbocycles. The van der Waals surface area contributed by atoms with Crippen molar-refractivity contribution in [1.82, 2.24) is 0 Å². The Morgan fingerprint density at radius 3 is 3.07 bits per heavy atom. The lowest BCUT2D eigenvalue weighted by atomic mass is 9.77. The van der Waals surface area contributed by atoms with Crippen LogP contribution in [0, 0.1) is 11.8 Å². The van der Waals surface area contributed by atoms with E-state index in [0.717, 1.165) is 17.5 Å². The van der Waals surface area contributed by atoms with Crippen LogP contribution in [-0.4, -0.2) is 0 Å². The summed E-state index contributed by atoms with van der Waals surface area (Å²) in [4.78, 5) is 0. The number of rotatable bonds is 0. The van der Waals surface area contributed by atoms with E-state index in [-0.39, 0.29) is 0 Å². The Hall–Kier alpha value is -0.980. The van der Waals surface area contributed by atoms with Crippen LogP contribution in [0.4, 0.5) is 0 Å². The summed E-state index contributed by atoms with van der Waals surface area (Å²) >= 11 is 0. The molecule has 3 rings (SSSR count). The van der Waals surface area contributed by atoms with Gasteiger partial charge in [0.05, 0.1) is 0 Å². The van der Waals surface area contributed by atoms with Crippen molar-refractivity contribution < 1.29 is 0 Å². The molecular formula is C13H17N. The fraction of sp³-hybridized carbons (Fsp3) is 0.538. The summed E-state index contributed by atoms with van der Waals surface area (Å²) in [6.45, 7) is 0. The van der Waals surface area contributed by atoms with Crippen molar-refractivity contribution in [1.29, 1.82) is 0 Å². The zero-order valence-corrected chi connectivity index (χ0v) is 8.50. The van der Waals surface area contributed by atoms with E-state index in [1.165, 1.54) is 37.7 Å². The second-order valence-corrected chi connectivity index (χ2v) is 4.73. The lowest BCUT2D eigenvalue weighted by molar-refractivity contribution is 0.374. The zero-order chi connectivity index (χ0) is 9.54. The third kappa shape index (κ3) is 1.08. The van der Waals surface area contributed by atoms with Crippen LogP contribution in [0.25, 0.3) is 0 Å². The summed E-state index contributed by atoms with van der Waals surface area (Å²) in [6, 6.07) is 0. The van der Waals surface area contributed by atoms with Gasteiger partial charge < -0.3 is 5.73 Å². The van der Waals surface area contributed by atoms with Crippen LogP contribution < -0.4 is 5.73 Å². The molecule has 0 aromatic rings. The normalized spacial score (nSPS) is 35.3. The molecule has 0 saturated heterocycles. The summed E-state index contributed by atoms with van der Waals surface area (Å²) in [5.74, 6) is 1.57. The minimum Gasteiger partial charge on any atom is -0.399 e. The van der Waals surface area contributed by atoms with Crippen LogP contribution in [0.2, 0.25) is 0 Å². The summed E-state index contributed by atoms with van der Waals surface area (Å²) in [5.41, 5.74) is 10.2. The van der Waals surface area contributed by atoms with Gasteiger partial charge in [-0.3, -0.25) is 0 Å². The average Bonchev–Trinajstić information content (AvgIpc) is 2.59. The van der Waals surface area contributed by atoms with E-state index in [0.29, 0.717) is 0 Å². The smallest absolute Gasteiger partial charge is 0.0346 e. The van der Waals surface area contributed by atoms with E-state index in [2.05, 4.69) is 18.2 Å². The monoisotopic (exact) mass is 187 g/mol. The minimum absolute atomic E-state index is 0.732. The third-order valence-corrected chi connectivity index (χ3v) is 3.95. The second kappa shape index (κ2) is 3.01. The van der Waals surface area contributed by atoms with Crippen molar-refractivity contribution in [3.05, 3.63) is 35.1 Å². The predicted octanol–water partition coefficient (Wildman–Crippen LogP) is 2.91. The predicted molar refractivity (Wildman–Crippen MR) is 58.5 cm³/mol. The lowest BCUT2D eigenvalue weighted by Crippen LogP contribution is -2.18. The van der Waals surface area contributed by atoms with Gasteiger partial charge in [0.25, 0.3) is 0 Å². The van der Waals surface area contributed by atoms with Crippen molar-refractivity contribution in [2.75, 3.05) is 0 Å². The summed E-state index contributed by atoms with van der Waals surface area (Å²) in [7, 11) is 0. The summed E-state index contributed by atoms with van der Waals surface area (Å²) in [5, 5.41) is 0. The van der Waals surface area contributed by atoms with E-state index >= 15 is 0 Å². The lowest BCUT2D eigenvalue weighted by Gasteiger charge is -2.28. The molecule has 3 aliphatic rings. The number of allylic oxidation sites excluding steroid dienone is 5. The van der Waals surface area contributed by atoms with Crippen LogP contribution in [0.15, 0.2) is 35.1 Å². The molecule has 0 amide bonds. The average molecular weight is 187 g/mol. The van der Waals surface area contributed by atoms with E-state index in [9.17, 15) is 0 Å². The Morgan fingerprint density at radius 2 is 2.14 bits per heavy atom. The largest absolute Gasteiger partial charge is 0.399 e. The molecule has 0 radical (unpaired) electrons. The van der Waals surface area contributed by atoms with Crippen molar-refractivity contribution in [3.63, 3.8) is 0 Å². The number of nitrogens with two attached hydrogens (primary N) is 1. The van der Waals surface area contributed by atoms with Gasteiger partial charge in [-0.1, -0.05) is 24.1 Å². The molecule has 1 saturated carbocycles. The van der Waals surface area contributed by atoms with Crippen LogP contribution in [-0.2, 0) is 0 Å². The number of hydrogen-bond acceptors (Lipinski definition) is 1. The van der Waals surface area contributed by atoms with Gasteiger partial charge in [-0.25, -0.2) is 0 Å². The quantitative estimate of drug-likeness (QED) is 0.620. The molecule has 14 heavy (non-hydrogen) atoms. The zero-order valence-electron chi connectivity index (χ0n) is 8.50. The van der Waals surface area contributed by atoms with Gasteiger partial charge in [-0.05, 0) is 49.2 Å². The summed E-state index contributed by atoms with van der Waals surface area (Å²) in [6.07, 6.45) is 13.4. The second-order valence-electron chi connectivity index (χ2n) is 4.73. The molecule has 0 aromatic heterocycles. The van der Waals surface area contributed by atoms with Gasteiger partial charge >= 0.3 is 0 Å². The molecule has 2 unspecified atom stereocenters. The van der Waals surface area contributed by atoms with Gasteiger partial charge in [0, 0.05) is 5.70 Å². The molecule has 2 atom stereocenters. The maximum Gasteiger partial charge on any atom is 0.0346 e. The molecule has 1 heteroatoms. The van der Waals surface area contributed by atoms with E-state index in [1.807, 2.05) is 0 Å². The molecular weight excluding hydrogens is 170 g/mol. The van der Waals surface area contributed by atoms with Gasteiger partial charge in [-0.15, -0.1) is 0 Å². The highest BCUT2D eigenvalue weighted by molar-refractivity contribution is 5.45. The number of fused-ring (bicyclic) bond motifs is 3. The molecule has 0 spiro atoms. The molecule has 0 aliphatic heterocycles. The summed E-state index contributed by atoms with van der Waals surface area (Å²) < 4.78 is 0.